The number of hydrogen-bond donors (Lipinski definition) is 2. The monoisotopic (exact) mass is 312 g/mol. The van der Waals surface area contributed by atoms with Crippen LogP contribution in [0.4, 0.5) is 10.5 Å². The summed E-state index contributed by atoms with van der Waals surface area (Å²) >= 11 is 5.89. The molecular weight excluding hydrogens is 292 g/mol. The molecule has 1 aromatic carbocycles. The highest BCUT2D eigenvalue weighted by Crippen LogP contribution is 2.19. The van der Waals surface area contributed by atoms with E-state index in [1.54, 1.807) is 24.3 Å². The number of nitrogens with one attached hydrogen (secondary N) is 1. The summed E-state index contributed by atoms with van der Waals surface area (Å²) in [7, 11) is 0. The highest BCUT2D eigenvalue weighted by Gasteiger charge is 2.18. The summed E-state index contributed by atoms with van der Waals surface area (Å²) in [6.07, 6.45) is 4.19. The number of carboxylic acid groups (broad SMARTS) is 1. The standard InChI is InChI=1S/C15H21ClN2O3/c1-2-3-4-5-9-17-15(21)18(11-14(19)20)13-8-6-7-12(16)10-13/h6-8,10H,2-5,9,11H2,1H3,(H,17,21)(H,19,20). The summed E-state index contributed by atoms with van der Waals surface area (Å²) in [5, 5.41) is 12.2. The molecule has 5 nitrogen and oxygen atoms in total. The number of carboxylic acids is 1. The Labute approximate surface area is 129 Å². The van der Waals surface area contributed by atoms with E-state index in [4.69, 9.17) is 16.7 Å². The number of nitrogens with zero attached hydrogens (tertiary/aromatic N) is 1. The van der Waals surface area contributed by atoms with Crippen LogP contribution in [0, 0.1) is 0 Å². The predicted molar refractivity (Wildman–Crippen MR) is 84.0 cm³/mol. The number of carbonyl (C=O) groups excluding carboxylic acids is 1. The van der Waals surface area contributed by atoms with Crippen LogP contribution >= 0.6 is 11.6 Å². The molecule has 1 aromatic rings. The van der Waals surface area contributed by atoms with Gasteiger partial charge in [0.25, 0.3) is 0 Å². The Kier molecular flexibility index (Phi) is 7.61. The van der Waals surface area contributed by atoms with Gasteiger partial charge in [0.15, 0.2) is 0 Å². The molecule has 0 spiro atoms. The number of unbranched alkanes of at least 4 members (excludes halogenated alkanes) is 3. The van der Waals surface area contributed by atoms with Crippen molar-refractivity contribution >= 4 is 29.3 Å². The van der Waals surface area contributed by atoms with Gasteiger partial charge in [-0.3, -0.25) is 9.69 Å². The third-order valence-electron chi connectivity index (χ3n) is 2.96. The van der Waals surface area contributed by atoms with Crippen molar-refractivity contribution in [3.05, 3.63) is 29.3 Å². The average Bonchev–Trinajstić information content (AvgIpc) is 2.44. The Morgan fingerprint density at radius 1 is 1.29 bits per heavy atom. The summed E-state index contributed by atoms with van der Waals surface area (Å²) in [5.74, 6) is -1.07. The molecular formula is C15H21ClN2O3. The van der Waals surface area contributed by atoms with Gasteiger partial charge in [-0.05, 0) is 24.6 Å². The van der Waals surface area contributed by atoms with E-state index >= 15 is 0 Å². The van der Waals surface area contributed by atoms with Crippen LogP contribution in [0.2, 0.25) is 5.02 Å². The van der Waals surface area contributed by atoms with Crippen LogP contribution in [0.3, 0.4) is 0 Å². The molecule has 0 radical (unpaired) electrons. The zero-order valence-electron chi connectivity index (χ0n) is 12.1. The minimum Gasteiger partial charge on any atom is -0.480 e. The Morgan fingerprint density at radius 3 is 2.67 bits per heavy atom. The van der Waals surface area contributed by atoms with Gasteiger partial charge in [-0.25, -0.2) is 4.79 Å². The van der Waals surface area contributed by atoms with Gasteiger partial charge in [0.2, 0.25) is 0 Å². The van der Waals surface area contributed by atoms with Gasteiger partial charge in [0.05, 0.1) is 0 Å². The van der Waals surface area contributed by atoms with E-state index in [1.807, 2.05) is 0 Å². The molecule has 0 saturated carbocycles. The molecule has 0 aromatic heterocycles. The number of urea groups is 1. The molecule has 0 saturated heterocycles. The van der Waals surface area contributed by atoms with E-state index in [-0.39, 0.29) is 0 Å². The van der Waals surface area contributed by atoms with Crippen molar-refractivity contribution < 1.29 is 14.7 Å². The number of hydrogen-bond acceptors (Lipinski definition) is 2. The van der Waals surface area contributed by atoms with E-state index in [2.05, 4.69) is 12.2 Å². The van der Waals surface area contributed by atoms with Crippen molar-refractivity contribution in [2.45, 2.75) is 32.6 Å². The maximum atomic E-state index is 12.1. The lowest BCUT2D eigenvalue weighted by atomic mass is 10.2. The van der Waals surface area contributed by atoms with Crippen LogP contribution in [0.25, 0.3) is 0 Å². The van der Waals surface area contributed by atoms with Crippen LogP contribution in [0.5, 0.6) is 0 Å². The molecule has 116 valence electrons. The molecule has 2 amide bonds. The number of aliphatic carboxylic acids is 1. The second kappa shape index (κ2) is 9.23. The molecule has 0 aliphatic heterocycles. The second-order valence-electron chi connectivity index (χ2n) is 4.75. The molecule has 2 N–H and O–H groups in total. The number of carbonyl (C=O) groups is 2. The summed E-state index contributed by atoms with van der Waals surface area (Å²) in [6.45, 7) is 2.25. The van der Waals surface area contributed by atoms with Gasteiger partial charge in [-0.15, -0.1) is 0 Å². The van der Waals surface area contributed by atoms with Crippen LogP contribution in [-0.4, -0.2) is 30.2 Å². The van der Waals surface area contributed by atoms with Crippen LogP contribution in [-0.2, 0) is 4.79 Å². The number of benzene rings is 1. The number of amides is 2. The first-order valence-corrected chi connectivity index (χ1v) is 7.45. The fourth-order valence-corrected chi connectivity index (χ4v) is 2.09. The topological polar surface area (TPSA) is 69.6 Å². The normalized spacial score (nSPS) is 10.2. The maximum absolute atomic E-state index is 12.1. The lowest BCUT2D eigenvalue weighted by molar-refractivity contribution is -0.135. The summed E-state index contributed by atoms with van der Waals surface area (Å²) in [6, 6.07) is 6.16. The Balaban J connectivity index is 2.64. The first kappa shape index (κ1) is 17.3. The van der Waals surface area contributed by atoms with Gasteiger partial charge in [-0.2, -0.15) is 0 Å². The minimum atomic E-state index is -1.07. The van der Waals surface area contributed by atoms with E-state index in [0.717, 1.165) is 25.7 Å². The van der Waals surface area contributed by atoms with Gasteiger partial charge in [-0.1, -0.05) is 43.9 Å². The molecule has 0 bridgehead atoms. The molecule has 0 aliphatic rings. The van der Waals surface area contributed by atoms with Crippen molar-refractivity contribution in [2.75, 3.05) is 18.0 Å². The quantitative estimate of drug-likeness (QED) is 0.722. The van der Waals surface area contributed by atoms with Crippen molar-refractivity contribution in [1.29, 1.82) is 0 Å². The third kappa shape index (κ3) is 6.49. The molecule has 21 heavy (non-hydrogen) atoms. The summed E-state index contributed by atoms with van der Waals surface area (Å²) < 4.78 is 0. The minimum absolute atomic E-state index is 0.402. The Hall–Kier alpha value is -1.75. The number of rotatable bonds is 8. The van der Waals surface area contributed by atoms with Crippen molar-refractivity contribution in [3.63, 3.8) is 0 Å². The molecule has 0 fully saturated rings. The van der Waals surface area contributed by atoms with Crippen LogP contribution in [0.15, 0.2) is 24.3 Å². The Morgan fingerprint density at radius 2 is 2.05 bits per heavy atom. The zero-order chi connectivity index (χ0) is 15.7. The molecule has 1 rings (SSSR count). The SMILES string of the molecule is CCCCCCNC(=O)N(CC(=O)O)c1cccc(Cl)c1. The van der Waals surface area contributed by atoms with E-state index in [0.29, 0.717) is 17.3 Å². The first-order chi connectivity index (χ1) is 10.0. The zero-order valence-corrected chi connectivity index (χ0v) is 12.9. The number of halogens is 1. The highest BCUT2D eigenvalue weighted by atomic mass is 35.5. The van der Waals surface area contributed by atoms with Gasteiger partial charge in [0, 0.05) is 17.3 Å². The smallest absolute Gasteiger partial charge is 0.323 e. The number of anilines is 1. The van der Waals surface area contributed by atoms with Crippen molar-refractivity contribution in [3.8, 4) is 0 Å². The van der Waals surface area contributed by atoms with Crippen molar-refractivity contribution in [2.24, 2.45) is 0 Å². The first-order valence-electron chi connectivity index (χ1n) is 7.07. The Bertz CT molecular complexity index is 480. The van der Waals surface area contributed by atoms with Crippen molar-refractivity contribution in [1.82, 2.24) is 5.32 Å². The van der Waals surface area contributed by atoms with Gasteiger partial charge >= 0.3 is 12.0 Å². The lowest BCUT2D eigenvalue weighted by Gasteiger charge is -2.21. The maximum Gasteiger partial charge on any atom is 0.323 e. The second-order valence-corrected chi connectivity index (χ2v) is 5.19. The lowest BCUT2D eigenvalue weighted by Crippen LogP contribution is -2.43. The van der Waals surface area contributed by atoms with Gasteiger partial charge < -0.3 is 10.4 Å². The van der Waals surface area contributed by atoms with Gasteiger partial charge in [0.1, 0.15) is 6.54 Å². The molecule has 0 unspecified atom stereocenters. The van der Waals surface area contributed by atoms with Crippen LogP contribution < -0.4 is 10.2 Å². The average molecular weight is 313 g/mol. The van der Waals surface area contributed by atoms with E-state index < -0.39 is 18.5 Å². The summed E-state index contributed by atoms with van der Waals surface area (Å²) in [5.41, 5.74) is 0.468. The van der Waals surface area contributed by atoms with E-state index in [9.17, 15) is 9.59 Å². The van der Waals surface area contributed by atoms with E-state index in [1.165, 1.54) is 4.90 Å². The fourth-order valence-electron chi connectivity index (χ4n) is 1.90. The molecule has 0 aliphatic carbocycles. The highest BCUT2D eigenvalue weighted by molar-refractivity contribution is 6.30. The third-order valence-corrected chi connectivity index (χ3v) is 3.20. The molecule has 0 heterocycles. The van der Waals surface area contributed by atoms with Crippen LogP contribution in [0.1, 0.15) is 32.6 Å². The summed E-state index contributed by atoms with van der Waals surface area (Å²) in [4.78, 5) is 24.2. The fraction of sp³-hybridized carbons (Fsp3) is 0.467. The molecule has 6 heteroatoms. The predicted octanol–water partition coefficient (Wildman–Crippen LogP) is 3.52. The largest absolute Gasteiger partial charge is 0.480 e. The molecule has 0 atom stereocenters.